The van der Waals surface area contributed by atoms with Crippen molar-refractivity contribution in [2.45, 2.75) is 25.8 Å². The minimum atomic E-state index is -0.119. The molecule has 1 amide bonds. The van der Waals surface area contributed by atoms with E-state index < -0.39 is 0 Å². The minimum absolute atomic E-state index is 0.119. The van der Waals surface area contributed by atoms with E-state index in [1.165, 1.54) is 5.56 Å². The van der Waals surface area contributed by atoms with Crippen LogP contribution in [0, 0.1) is 0 Å². The van der Waals surface area contributed by atoms with E-state index in [-0.39, 0.29) is 5.91 Å². The maximum Gasteiger partial charge on any atom is 0.270 e. The van der Waals surface area contributed by atoms with Crippen molar-refractivity contribution in [2.24, 2.45) is 0 Å². The van der Waals surface area contributed by atoms with E-state index in [1.54, 1.807) is 11.3 Å². The Morgan fingerprint density at radius 1 is 1.15 bits per heavy atom. The van der Waals surface area contributed by atoms with Crippen molar-refractivity contribution < 1.29 is 4.79 Å². The molecule has 0 unspecified atom stereocenters. The van der Waals surface area contributed by atoms with Crippen LogP contribution < -0.4 is 10.6 Å². The first-order chi connectivity index (χ1) is 12.8. The van der Waals surface area contributed by atoms with Gasteiger partial charge in [-0.1, -0.05) is 30.3 Å². The van der Waals surface area contributed by atoms with E-state index in [9.17, 15) is 4.79 Å². The number of carbonyl (C=O) groups excluding carboxylic acids is 1. The number of hydrogen-bond donors (Lipinski definition) is 2. The summed E-state index contributed by atoms with van der Waals surface area (Å²) in [6, 6.07) is 10.2. The van der Waals surface area contributed by atoms with Crippen LogP contribution in [0.5, 0.6) is 0 Å². The lowest BCUT2D eigenvalue weighted by molar-refractivity contribution is 0.0940. The molecule has 6 nitrogen and oxygen atoms in total. The van der Waals surface area contributed by atoms with Crippen LogP contribution in [0.3, 0.4) is 0 Å². The third-order valence-corrected chi connectivity index (χ3v) is 4.96. The number of amides is 1. The number of carbonyl (C=O) groups is 1. The molecule has 7 heteroatoms. The molecule has 0 radical (unpaired) electrons. The maximum absolute atomic E-state index is 12.3. The molecule has 0 bridgehead atoms. The number of thiazole rings is 1. The predicted octanol–water partition coefficient (Wildman–Crippen LogP) is 2.62. The Kier molecular flexibility index (Phi) is 4.88. The van der Waals surface area contributed by atoms with Gasteiger partial charge in [-0.2, -0.15) is 0 Å². The van der Waals surface area contributed by atoms with Gasteiger partial charge in [0.2, 0.25) is 0 Å². The summed E-state index contributed by atoms with van der Waals surface area (Å²) in [6.45, 7) is 1.20. The normalized spacial score (nSPS) is 13.2. The van der Waals surface area contributed by atoms with E-state index in [0.717, 1.165) is 29.9 Å². The van der Waals surface area contributed by atoms with Gasteiger partial charge in [-0.05, 0) is 18.4 Å². The fraction of sp³-hybridized carbons (Fsp3) is 0.263. The van der Waals surface area contributed by atoms with E-state index in [1.807, 2.05) is 29.1 Å². The molecule has 1 aliphatic heterocycles. The Morgan fingerprint density at radius 2 is 2.04 bits per heavy atom. The van der Waals surface area contributed by atoms with Gasteiger partial charge < -0.3 is 10.6 Å². The standard InChI is InChI=1S/C19H19N5OS/c25-19-17-15(8-9-20-19)18(21-10-14-11-26-12-22-14)24-16(23-17)7-6-13-4-2-1-3-5-13/h1-5,11-12H,6-10H2,(H,20,25)(H,21,23,24). The summed E-state index contributed by atoms with van der Waals surface area (Å²) in [4.78, 5) is 25.8. The van der Waals surface area contributed by atoms with Crippen LogP contribution in [0.15, 0.2) is 41.2 Å². The van der Waals surface area contributed by atoms with Gasteiger partial charge in [0.15, 0.2) is 0 Å². The van der Waals surface area contributed by atoms with Crippen LogP contribution in [-0.2, 0) is 25.8 Å². The Morgan fingerprint density at radius 3 is 2.85 bits per heavy atom. The topological polar surface area (TPSA) is 79.8 Å². The lowest BCUT2D eigenvalue weighted by atomic mass is 10.1. The second-order valence-corrected chi connectivity index (χ2v) is 6.86. The van der Waals surface area contributed by atoms with Crippen molar-refractivity contribution in [3.8, 4) is 0 Å². The van der Waals surface area contributed by atoms with Crippen molar-refractivity contribution in [3.63, 3.8) is 0 Å². The van der Waals surface area contributed by atoms with Crippen molar-refractivity contribution in [1.82, 2.24) is 20.3 Å². The first-order valence-electron chi connectivity index (χ1n) is 8.62. The lowest BCUT2D eigenvalue weighted by Gasteiger charge is -2.20. The second kappa shape index (κ2) is 7.61. The molecule has 4 rings (SSSR count). The van der Waals surface area contributed by atoms with Crippen LogP contribution >= 0.6 is 11.3 Å². The van der Waals surface area contributed by atoms with Gasteiger partial charge in [0, 0.05) is 23.9 Å². The Bertz CT molecular complexity index is 896. The molecule has 0 aliphatic carbocycles. The number of aromatic nitrogens is 3. The van der Waals surface area contributed by atoms with E-state index >= 15 is 0 Å². The highest BCUT2D eigenvalue weighted by Gasteiger charge is 2.23. The molecule has 2 N–H and O–H groups in total. The molecular formula is C19H19N5OS. The maximum atomic E-state index is 12.3. The fourth-order valence-electron chi connectivity index (χ4n) is 3.00. The van der Waals surface area contributed by atoms with Gasteiger partial charge in [0.25, 0.3) is 5.91 Å². The van der Waals surface area contributed by atoms with Gasteiger partial charge >= 0.3 is 0 Å². The highest BCUT2D eigenvalue weighted by molar-refractivity contribution is 7.07. The zero-order valence-electron chi connectivity index (χ0n) is 14.2. The number of rotatable bonds is 6. The SMILES string of the molecule is O=C1NCCc2c(NCc3cscn3)nc(CCc3ccccc3)nc21. The number of hydrogen-bond acceptors (Lipinski definition) is 6. The number of benzene rings is 1. The monoisotopic (exact) mass is 365 g/mol. The summed E-state index contributed by atoms with van der Waals surface area (Å²) in [6.07, 6.45) is 2.27. The third-order valence-electron chi connectivity index (χ3n) is 4.33. The zero-order chi connectivity index (χ0) is 17.8. The molecule has 132 valence electrons. The van der Waals surface area contributed by atoms with Crippen LogP contribution in [-0.4, -0.2) is 27.4 Å². The van der Waals surface area contributed by atoms with Crippen LogP contribution in [0.2, 0.25) is 0 Å². The largest absolute Gasteiger partial charge is 0.364 e. The highest BCUT2D eigenvalue weighted by atomic mass is 32.1. The zero-order valence-corrected chi connectivity index (χ0v) is 15.1. The van der Waals surface area contributed by atoms with Gasteiger partial charge in [-0.15, -0.1) is 11.3 Å². The Hall–Kier alpha value is -2.80. The summed E-state index contributed by atoms with van der Waals surface area (Å²) in [5.41, 5.74) is 5.40. The average Bonchev–Trinajstić information content (AvgIpc) is 3.19. The molecule has 1 aromatic carbocycles. The lowest BCUT2D eigenvalue weighted by Crippen LogP contribution is -2.34. The van der Waals surface area contributed by atoms with Crippen molar-refractivity contribution in [1.29, 1.82) is 0 Å². The molecule has 3 heterocycles. The van der Waals surface area contributed by atoms with Crippen molar-refractivity contribution in [2.75, 3.05) is 11.9 Å². The first-order valence-corrected chi connectivity index (χ1v) is 9.57. The van der Waals surface area contributed by atoms with Crippen LogP contribution in [0.4, 0.5) is 5.82 Å². The van der Waals surface area contributed by atoms with Crippen molar-refractivity contribution in [3.05, 3.63) is 69.6 Å². The predicted molar refractivity (Wildman–Crippen MR) is 101 cm³/mol. The fourth-order valence-corrected chi connectivity index (χ4v) is 3.56. The molecule has 0 saturated carbocycles. The summed E-state index contributed by atoms with van der Waals surface area (Å²) >= 11 is 1.56. The van der Waals surface area contributed by atoms with Crippen LogP contribution in [0.1, 0.15) is 33.1 Å². The number of anilines is 1. The molecule has 26 heavy (non-hydrogen) atoms. The molecule has 0 spiro atoms. The molecule has 0 fully saturated rings. The number of nitrogens with zero attached hydrogens (tertiary/aromatic N) is 3. The minimum Gasteiger partial charge on any atom is -0.364 e. The third kappa shape index (κ3) is 3.72. The number of fused-ring (bicyclic) bond motifs is 1. The Labute approximate surface area is 155 Å². The molecule has 0 atom stereocenters. The van der Waals surface area contributed by atoms with Gasteiger partial charge in [0.1, 0.15) is 17.3 Å². The summed E-state index contributed by atoms with van der Waals surface area (Å²) in [7, 11) is 0. The number of aryl methyl sites for hydroxylation is 2. The van der Waals surface area contributed by atoms with E-state index in [2.05, 4.69) is 32.7 Å². The second-order valence-electron chi connectivity index (χ2n) is 6.14. The van der Waals surface area contributed by atoms with Crippen molar-refractivity contribution >= 4 is 23.1 Å². The van der Waals surface area contributed by atoms with Gasteiger partial charge in [0.05, 0.1) is 17.7 Å². The highest BCUT2D eigenvalue weighted by Crippen LogP contribution is 2.21. The molecule has 3 aromatic rings. The smallest absolute Gasteiger partial charge is 0.270 e. The van der Waals surface area contributed by atoms with E-state index in [4.69, 9.17) is 4.98 Å². The number of nitrogens with one attached hydrogen (secondary N) is 2. The van der Waals surface area contributed by atoms with Crippen LogP contribution in [0.25, 0.3) is 0 Å². The summed E-state index contributed by atoms with van der Waals surface area (Å²) in [5, 5.41) is 8.22. The molecule has 2 aromatic heterocycles. The summed E-state index contributed by atoms with van der Waals surface area (Å²) in [5.74, 6) is 1.32. The van der Waals surface area contributed by atoms with E-state index in [0.29, 0.717) is 31.0 Å². The molecular weight excluding hydrogens is 346 g/mol. The summed E-state index contributed by atoms with van der Waals surface area (Å²) < 4.78 is 0. The average molecular weight is 365 g/mol. The van der Waals surface area contributed by atoms with Gasteiger partial charge in [-0.3, -0.25) is 4.79 Å². The molecule has 1 aliphatic rings. The quantitative estimate of drug-likeness (QED) is 0.702. The van der Waals surface area contributed by atoms with Gasteiger partial charge in [-0.25, -0.2) is 15.0 Å². The molecule has 0 saturated heterocycles. The first kappa shape index (κ1) is 16.7. The Balaban J connectivity index is 1.58.